The number of nitrogens with zero attached hydrogens (tertiary/aromatic N) is 1. The van der Waals surface area contributed by atoms with Gasteiger partial charge in [0.25, 0.3) is 0 Å². The number of thiophene rings is 1. The second-order valence-electron chi connectivity index (χ2n) is 6.13. The van der Waals surface area contributed by atoms with Gasteiger partial charge >= 0.3 is 11.8 Å². The van der Waals surface area contributed by atoms with E-state index in [9.17, 15) is 9.59 Å². The Labute approximate surface area is 136 Å². The van der Waals surface area contributed by atoms with Crippen molar-refractivity contribution in [3.05, 3.63) is 22.4 Å². The van der Waals surface area contributed by atoms with Gasteiger partial charge in [0.05, 0.1) is 6.04 Å². The monoisotopic (exact) mass is 323 g/mol. The number of nitrogens with one attached hydrogen (secondary N) is 2. The van der Waals surface area contributed by atoms with Gasteiger partial charge in [0, 0.05) is 13.1 Å². The van der Waals surface area contributed by atoms with Crippen LogP contribution < -0.4 is 10.6 Å². The first-order valence-electron chi connectivity index (χ1n) is 7.90. The van der Waals surface area contributed by atoms with Crippen molar-refractivity contribution in [3.63, 3.8) is 0 Å². The normalized spacial score (nSPS) is 16.7. The van der Waals surface area contributed by atoms with Crippen LogP contribution in [0.15, 0.2) is 16.8 Å². The Morgan fingerprint density at radius 2 is 1.82 bits per heavy atom. The molecule has 2 N–H and O–H groups in total. The fourth-order valence-corrected chi connectivity index (χ4v) is 3.33. The molecular weight excluding hydrogens is 298 g/mol. The zero-order valence-electron chi connectivity index (χ0n) is 13.3. The summed E-state index contributed by atoms with van der Waals surface area (Å²) in [5.41, 5.74) is 1.22. The smallest absolute Gasteiger partial charge is 0.309 e. The van der Waals surface area contributed by atoms with Crippen LogP contribution in [-0.4, -0.2) is 42.9 Å². The van der Waals surface area contributed by atoms with Gasteiger partial charge in [0.15, 0.2) is 0 Å². The summed E-state index contributed by atoms with van der Waals surface area (Å²) in [6, 6.07) is 2.26. The maximum Gasteiger partial charge on any atom is 0.309 e. The summed E-state index contributed by atoms with van der Waals surface area (Å²) in [4.78, 5) is 26.0. The molecule has 0 bridgehead atoms. The minimum absolute atomic E-state index is 0.163. The molecule has 122 valence electrons. The third kappa shape index (κ3) is 4.81. The van der Waals surface area contributed by atoms with Crippen LogP contribution in [0.3, 0.4) is 0 Å². The summed E-state index contributed by atoms with van der Waals surface area (Å²) < 4.78 is 0. The third-order valence-electron chi connectivity index (χ3n) is 3.84. The van der Waals surface area contributed by atoms with Crippen molar-refractivity contribution >= 4 is 23.2 Å². The van der Waals surface area contributed by atoms with Gasteiger partial charge in [-0.05, 0) is 54.2 Å². The zero-order chi connectivity index (χ0) is 15.9. The molecule has 0 aromatic carbocycles. The van der Waals surface area contributed by atoms with Gasteiger partial charge in [0.2, 0.25) is 0 Å². The summed E-state index contributed by atoms with van der Waals surface area (Å²) in [5.74, 6) is -0.751. The van der Waals surface area contributed by atoms with Gasteiger partial charge in [-0.1, -0.05) is 13.8 Å². The molecule has 1 aromatic rings. The van der Waals surface area contributed by atoms with E-state index in [-0.39, 0.29) is 6.04 Å². The lowest BCUT2D eigenvalue weighted by molar-refractivity contribution is -0.139. The Balaban J connectivity index is 1.88. The van der Waals surface area contributed by atoms with Gasteiger partial charge in [-0.2, -0.15) is 11.3 Å². The van der Waals surface area contributed by atoms with Crippen molar-refractivity contribution in [2.24, 2.45) is 5.92 Å². The first-order chi connectivity index (χ1) is 10.6. The summed E-state index contributed by atoms with van der Waals surface area (Å²) in [5, 5.41) is 9.60. The highest BCUT2D eigenvalue weighted by Gasteiger charge is 2.25. The molecule has 1 atom stereocenters. The summed E-state index contributed by atoms with van der Waals surface area (Å²) in [6.45, 7) is 7.10. The van der Waals surface area contributed by atoms with Gasteiger partial charge in [-0.3, -0.25) is 14.5 Å². The highest BCUT2D eigenvalue weighted by molar-refractivity contribution is 7.07. The Morgan fingerprint density at radius 1 is 1.18 bits per heavy atom. The molecule has 6 heteroatoms. The molecule has 1 fully saturated rings. The molecule has 0 spiro atoms. The van der Waals surface area contributed by atoms with E-state index < -0.39 is 11.8 Å². The van der Waals surface area contributed by atoms with E-state index in [4.69, 9.17) is 0 Å². The molecule has 2 amide bonds. The molecule has 2 rings (SSSR count). The predicted octanol–water partition coefficient (Wildman–Crippen LogP) is 1.77. The molecule has 1 aliphatic rings. The molecule has 1 unspecified atom stereocenters. The molecule has 5 nitrogen and oxygen atoms in total. The van der Waals surface area contributed by atoms with Crippen molar-refractivity contribution in [1.29, 1.82) is 0 Å². The number of hydrogen-bond acceptors (Lipinski definition) is 4. The van der Waals surface area contributed by atoms with E-state index in [1.54, 1.807) is 11.3 Å². The van der Waals surface area contributed by atoms with Crippen LogP contribution in [0.25, 0.3) is 0 Å². The lowest BCUT2D eigenvalue weighted by atomic mass is 10.1. The first kappa shape index (κ1) is 17.0. The predicted molar refractivity (Wildman–Crippen MR) is 88.7 cm³/mol. The largest absolute Gasteiger partial charge is 0.348 e. The number of carbonyl (C=O) groups is 2. The fourth-order valence-electron chi connectivity index (χ4n) is 2.62. The highest BCUT2D eigenvalue weighted by atomic mass is 32.1. The standard InChI is InChI=1S/C16H25N3O2S/c1-12(2)9-17-15(20)16(21)18-10-14(13-5-8-22-11-13)19-6-3-4-7-19/h5,8,11-12,14H,3-4,6-7,9-10H2,1-2H3,(H,17,20)(H,18,21). The topological polar surface area (TPSA) is 61.4 Å². The second kappa shape index (κ2) is 8.29. The number of rotatable bonds is 6. The van der Waals surface area contributed by atoms with Crippen LogP contribution in [0.1, 0.15) is 38.3 Å². The lowest BCUT2D eigenvalue weighted by Gasteiger charge is -2.27. The van der Waals surface area contributed by atoms with Crippen molar-refractivity contribution in [3.8, 4) is 0 Å². The van der Waals surface area contributed by atoms with Crippen molar-refractivity contribution < 1.29 is 9.59 Å². The molecule has 0 radical (unpaired) electrons. The average Bonchev–Trinajstić information content (AvgIpc) is 3.18. The van der Waals surface area contributed by atoms with Crippen LogP contribution in [0.4, 0.5) is 0 Å². The van der Waals surface area contributed by atoms with Gasteiger partial charge in [-0.15, -0.1) is 0 Å². The number of hydrogen-bond donors (Lipinski definition) is 2. The first-order valence-corrected chi connectivity index (χ1v) is 8.84. The Morgan fingerprint density at radius 3 is 2.36 bits per heavy atom. The molecule has 0 saturated carbocycles. The quantitative estimate of drug-likeness (QED) is 0.785. The number of likely N-dealkylation sites (tertiary alicyclic amines) is 1. The van der Waals surface area contributed by atoms with E-state index in [0.717, 1.165) is 13.1 Å². The molecular formula is C16H25N3O2S. The summed E-state index contributed by atoms with van der Waals surface area (Å²) >= 11 is 1.66. The Kier molecular flexibility index (Phi) is 6.39. The summed E-state index contributed by atoms with van der Waals surface area (Å²) in [7, 11) is 0. The SMILES string of the molecule is CC(C)CNC(=O)C(=O)NCC(c1ccsc1)N1CCCC1. The third-order valence-corrected chi connectivity index (χ3v) is 4.54. The molecule has 1 saturated heterocycles. The Bertz CT molecular complexity index is 482. The van der Waals surface area contributed by atoms with Crippen molar-refractivity contribution in [1.82, 2.24) is 15.5 Å². The molecule has 0 aliphatic carbocycles. The van der Waals surface area contributed by atoms with Crippen LogP contribution in [0, 0.1) is 5.92 Å². The van der Waals surface area contributed by atoms with Crippen molar-refractivity contribution in [2.75, 3.05) is 26.2 Å². The van der Waals surface area contributed by atoms with E-state index in [2.05, 4.69) is 32.4 Å². The molecule has 1 aliphatic heterocycles. The highest BCUT2D eigenvalue weighted by Crippen LogP contribution is 2.26. The minimum Gasteiger partial charge on any atom is -0.348 e. The van der Waals surface area contributed by atoms with E-state index in [0.29, 0.717) is 19.0 Å². The van der Waals surface area contributed by atoms with Gasteiger partial charge < -0.3 is 10.6 Å². The minimum atomic E-state index is -0.542. The van der Waals surface area contributed by atoms with Gasteiger partial charge in [0.1, 0.15) is 0 Å². The maximum atomic E-state index is 11.9. The average molecular weight is 323 g/mol. The summed E-state index contributed by atoms with van der Waals surface area (Å²) in [6.07, 6.45) is 2.40. The maximum absolute atomic E-state index is 11.9. The van der Waals surface area contributed by atoms with E-state index in [1.807, 2.05) is 13.8 Å². The van der Waals surface area contributed by atoms with E-state index in [1.165, 1.54) is 18.4 Å². The van der Waals surface area contributed by atoms with Crippen LogP contribution in [0.2, 0.25) is 0 Å². The van der Waals surface area contributed by atoms with Crippen molar-refractivity contribution in [2.45, 2.75) is 32.7 Å². The number of carbonyl (C=O) groups excluding carboxylic acids is 2. The number of amides is 2. The van der Waals surface area contributed by atoms with Crippen LogP contribution in [0.5, 0.6) is 0 Å². The lowest BCUT2D eigenvalue weighted by Crippen LogP contribution is -2.44. The zero-order valence-corrected chi connectivity index (χ0v) is 14.1. The van der Waals surface area contributed by atoms with Crippen LogP contribution in [-0.2, 0) is 9.59 Å². The van der Waals surface area contributed by atoms with E-state index >= 15 is 0 Å². The van der Waals surface area contributed by atoms with Crippen LogP contribution >= 0.6 is 11.3 Å². The molecule has 22 heavy (non-hydrogen) atoms. The Hall–Kier alpha value is -1.40. The van der Waals surface area contributed by atoms with Gasteiger partial charge in [-0.25, -0.2) is 0 Å². The second-order valence-corrected chi connectivity index (χ2v) is 6.91. The fraction of sp³-hybridized carbons (Fsp3) is 0.625. The molecule has 1 aromatic heterocycles. The molecule has 2 heterocycles.